The fourth-order valence-corrected chi connectivity index (χ4v) is 9.47. The van der Waals surface area contributed by atoms with Gasteiger partial charge in [0.15, 0.2) is 5.82 Å². The van der Waals surface area contributed by atoms with E-state index >= 15 is 0 Å². The molecule has 8 aromatic carbocycles. The largest absolute Gasteiger partial charge is 0.308 e. The van der Waals surface area contributed by atoms with E-state index in [0.717, 1.165) is 38.8 Å². The minimum Gasteiger partial charge on any atom is -0.308 e. The second kappa shape index (κ2) is 9.75. The molecule has 0 saturated heterocycles. The second-order valence-corrected chi connectivity index (χ2v) is 14.2. The molecule has 0 bridgehead atoms. The predicted molar refractivity (Wildman–Crippen MR) is 220 cm³/mol. The van der Waals surface area contributed by atoms with Gasteiger partial charge in [0, 0.05) is 48.5 Å². The Balaban J connectivity index is 1.26. The van der Waals surface area contributed by atoms with Crippen LogP contribution in [0.25, 0.3) is 115 Å². The Morgan fingerprint density at radius 2 is 0.906 bits per heavy atom. The molecule has 0 unspecified atom stereocenters. The van der Waals surface area contributed by atoms with Crippen LogP contribution in [0.2, 0.25) is 0 Å². The molecule has 13 rings (SSSR count). The average molecular weight is 674 g/mol. The van der Waals surface area contributed by atoms with Gasteiger partial charge in [0.25, 0.3) is 0 Å². The van der Waals surface area contributed by atoms with E-state index in [1.54, 1.807) is 0 Å². The lowest BCUT2D eigenvalue weighted by Crippen LogP contribution is -2.07. The van der Waals surface area contributed by atoms with Gasteiger partial charge in [-0.2, -0.15) is 4.98 Å². The summed E-state index contributed by atoms with van der Waals surface area (Å²) in [7, 11) is 0. The van der Waals surface area contributed by atoms with Crippen LogP contribution in [0.5, 0.6) is 0 Å². The van der Waals surface area contributed by atoms with E-state index in [1.165, 1.54) is 70.4 Å². The summed E-state index contributed by atoms with van der Waals surface area (Å²) in [4.78, 5) is 10.9. The first-order chi connectivity index (χ1) is 26.3. The first-order valence-electron chi connectivity index (χ1n) is 18.1. The third-order valence-electron chi connectivity index (χ3n) is 11.6. The summed E-state index contributed by atoms with van der Waals surface area (Å²) in [6.07, 6.45) is 0. The molecule has 0 spiro atoms. The Kier molecular flexibility index (Phi) is 5.06. The highest BCUT2D eigenvalue weighted by molar-refractivity contribution is 6.37. The number of fused-ring (bicyclic) bond motifs is 16. The van der Waals surface area contributed by atoms with Crippen molar-refractivity contribution in [3.63, 3.8) is 0 Å². The molecule has 0 fully saturated rings. The summed E-state index contributed by atoms with van der Waals surface area (Å²) in [6.45, 7) is 0. The summed E-state index contributed by atoms with van der Waals surface area (Å²) in [5.41, 5.74) is 9.05. The van der Waals surface area contributed by atoms with E-state index in [1.807, 2.05) is 0 Å². The maximum Gasteiger partial charge on any atom is 0.237 e. The molecule has 0 radical (unpaired) electrons. The number of rotatable bonds is 2. The first kappa shape index (κ1) is 27.5. The highest BCUT2D eigenvalue weighted by Crippen LogP contribution is 2.48. The van der Waals surface area contributed by atoms with E-state index in [2.05, 4.69) is 177 Å². The van der Waals surface area contributed by atoms with Crippen molar-refractivity contribution in [1.82, 2.24) is 23.5 Å². The molecule has 5 heteroatoms. The number of nitrogens with zero attached hydrogens (tertiary/aromatic N) is 5. The van der Waals surface area contributed by atoms with Gasteiger partial charge in [0.2, 0.25) is 5.95 Å². The lowest BCUT2D eigenvalue weighted by Gasteiger charge is -2.14. The fraction of sp³-hybridized carbons (Fsp3) is 0. The van der Waals surface area contributed by atoms with Crippen LogP contribution in [-0.4, -0.2) is 23.5 Å². The van der Waals surface area contributed by atoms with Crippen LogP contribution in [0, 0.1) is 0 Å². The summed E-state index contributed by atoms with van der Waals surface area (Å²) < 4.78 is 7.12. The van der Waals surface area contributed by atoms with Crippen LogP contribution in [0.3, 0.4) is 0 Å². The molecule has 0 N–H and O–H groups in total. The molecule has 0 atom stereocenters. The topological polar surface area (TPSA) is 40.0 Å². The van der Waals surface area contributed by atoms with Gasteiger partial charge in [0.05, 0.1) is 44.1 Å². The standard InChI is InChI=1S/C48H27N5/c1-2-14-29-28(13-1)25-26-41-43(29)35-27-42-44(45-34-19-7-11-23-39(34)51(41)46(35)45)33-18-6-12-24-40(33)52(42)47-32-17-3-8-20-36(32)49-48(50-47)53-37-21-9-4-15-30(37)31-16-5-10-22-38(31)53/h1-27H. The zero-order chi connectivity index (χ0) is 34.4. The Morgan fingerprint density at radius 3 is 1.64 bits per heavy atom. The Labute approximate surface area is 301 Å². The zero-order valence-corrected chi connectivity index (χ0v) is 28.3. The Bertz CT molecular complexity index is 3640. The Hall–Kier alpha value is -7.24. The van der Waals surface area contributed by atoms with Crippen molar-refractivity contribution in [3.05, 3.63) is 164 Å². The smallest absolute Gasteiger partial charge is 0.237 e. The lowest BCUT2D eigenvalue weighted by molar-refractivity contribution is 0.973. The van der Waals surface area contributed by atoms with E-state index in [0.29, 0.717) is 5.95 Å². The van der Waals surface area contributed by atoms with E-state index < -0.39 is 0 Å². The van der Waals surface area contributed by atoms with Crippen molar-refractivity contribution < 1.29 is 0 Å². The molecule has 0 aliphatic carbocycles. The van der Waals surface area contributed by atoms with E-state index in [-0.39, 0.29) is 0 Å². The van der Waals surface area contributed by atoms with Crippen LogP contribution in [0.15, 0.2) is 164 Å². The third kappa shape index (κ3) is 3.37. The van der Waals surface area contributed by atoms with Crippen molar-refractivity contribution in [3.8, 4) is 11.8 Å². The molecular weight excluding hydrogens is 647 g/mol. The van der Waals surface area contributed by atoms with Gasteiger partial charge in [0.1, 0.15) is 0 Å². The molecule has 0 saturated carbocycles. The van der Waals surface area contributed by atoms with Crippen LogP contribution in [0.4, 0.5) is 0 Å². The minimum absolute atomic E-state index is 0.653. The maximum atomic E-state index is 5.59. The third-order valence-corrected chi connectivity index (χ3v) is 11.6. The van der Waals surface area contributed by atoms with Crippen molar-refractivity contribution in [2.24, 2.45) is 0 Å². The van der Waals surface area contributed by atoms with Crippen LogP contribution in [-0.2, 0) is 0 Å². The summed E-state index contributed by atoms with van der Waals surface area (Å²) in [5.74, 6) is 1.52. The molecule has 13 aromatic rings. The van der Waals surface area contributed by atoms with Crippen LogP contribution in [0.1, 0.15) is 0 Å². The van der Waals surface area contributed by atoms with E-state index in [9.17, 15) is 0 Å². The SMILES string of the molecule is c1ccc2c(c1)ccc1c2c2cc3c(c4ccccc4n3-c3nc(-n4c5ccccc5c5ccccc54)nc4ccccc34)c3c4ccccc4n1c23. The maximum absolute atomic E-state index is 5.59. The van der Waals surface area contributed by atoms with Gasteiger partial charge >= 0.3 is 0 Å². The molecule has 0 aliphatic heterocycles. The fourth-order valence-electron chi connectivity index (χ4n) is 9.47. The molecule has 53 heavy (non-hydrogen) atoms. The van der Waals surface area contributed by atoms with E-state index in [4.69, 9.17) is 9.97 Å². The average Bonchev–Trinajstić information content (AvgIpc) is 3.94. The lowest BCUT2D eigenvalue weighted by atomic mass is 9.99. The second-order valence-electron chi connectivity index (χ2n) is 14.2. The van der Waals surface area contributed by atoms with Crippen molar-refractivity contribution in [2.45, 2.75) is 0 Å². The van der Waals surface area contributed by atoms with Crippen LogP contribution < -0.4 is 0 Å². The van der Waals surface area contributed by atoms with Gasteiger partial charge in [-0.3, -0.25) is 9.13 Å². The minimum atomic E-state index is 0.653. The van der Waals surface area contributed by atoms with Gasteiger partial charge < -0.3 is 4.40 Å². The van der Waals surface area contributed by atoms with Crippen molar-refractivity contribution in [1.29, 1.82) is 0 Å². The number of para-hydroxylation sites is 5. The van der Waals surface area contributed by atoms with Gasteiger partial charge in [-0.15, -0.1) is 0 Å². The summed E-state index contributed by atoms with van der Waals surface area (Å²) in [5, 5.41) is 13.4. The molecule has 5 aromatic heterocycles. The summed E-state index contributed by atoms with van der Waals surface area (Å²) in [6, 6.07) is 59.0. The normalized spacial score (nSPS) is 12.5. The number of hydrogen-bond donors (Lipinski definition) is 0. The first-order valence-corrected chi connectivity index (χ1v) is 18.1. The summed E-state index contributed by atoms with van der Waals surface area (Å²) >= 11 is 0. The molecule has 5 nitrogen and oxygen atoms in total. The van der Waals surface area contributed by atoms with Crippen molar-refractivity contribution in [2.75, 3.05) is 0 Å². The highest BCUT2D eigenvalue weighted by Gasteiger charge is 2.26. The molecule has 5 heterocycles. The Morgan fingerprint density at radius 1 is 0.340 bits per heavy atom. The number of benzene rings is 8. The highest BCUT2D eigenvalue weighted by atomic mass is 15.2. The van der Waals surface area contributed by atoms with Gasteiger partial charge in [-0.25, -0.2) is 4.98 Å². The van der Waals surface area contributed by atoms with Gasteiger partial charge in [-0.05, 0) is 59.3 Å². The molecule has 244 valence electrons. The van der Waals surface area contributed by atoms with Crippen molar-refractivity contribution >= 4 is 103 Å². The molecule has 0 amide bonds. The quantitative estimate of drug-likeness (QED) is 0.183. The number of hydrogen-bond acceptors (Lipinski definition) is 2. The van der Waals surface area contributed by atoms with Crippen LogP contribution >= 0.6 is 0 Å². The van der Waals surface area contributed by atoms with Gasteiger partial charge in [-0.1, -0.05) is 115 Å². The predicted octanol–water partition coefficient (Wildman–Crippen LogP) is 12.1. The zero-order valence-electron chi connectivity index (χ0n) is 28.3. The molecule has 0 aliphatic rings. The number of aromatic nitrogens is 5. The monoisotopic (exact) mass is 673 g/mol. The molecular formula is C48H27N5.